The summed E-state index contributed by atoms with van der Waals surface area (Å²) >= 11 is 0. The second-order valence-electron chi connectivity index (χ2n) is 7.24. The molecule has 2 N–H and O–H groups in total. The van der Waals surface area contributed by atoms with E-state index in [-0.39, 0.29) is 18.5 Å². The highest BCUT2D eigenvalue weighted by Crippen LogP contribution is 2.17. The molecule has 1 aromatic heterocycles. The van der Waals surface area contributed by atoms with Crippen molar-refractivity contribution in [2.45, 2.75) is 40.0 Å². The van der Waals surface area contributed by atoms with Crippen molar-refractivity contribution in [1.29, 1.82) is 0 Å². The van der Waals surface area contributed by atoms with E-state index in [9.17, 15) is 9.59 Å². The van der Waals surface area contributed by atoms with Crippen molar-refractivity contribution in [3.05, 3.63) is 42.2 Å². The molecule has 0 unspecified atom stereocenters. The number of urea groups is 1. The monoisotopic (exact) mass is 372 g/mol. The van der Waals surface area contributed by atoms with Gasteiger partial charge in [0.05, 0.1) is 0 Å². The van der Waals surface area contributed by atoms with Crippen molar-refractivity contribution < 1.29 is 14.1 Å². The Morgan fingerprint density at radius 3 is 2.33 bits per heavy atom. The van der Waals surface area contributed by atoms with E-state index in [1.807, 2.05) is 24.3 Å². The molecule has 0 aliphatic heterocycles. The number of nitrogens with one attached hydrogen (secondary N) is 2. The van der Waals surface area contributed by atoms with Crippen LogP contribution >= 0.6 is 0 Å². The van der Waals surface area contributed by atoms with Crippen LogP contribution < -0.4 is 10.6 Å². The average molecular weight is 372 g/mol. The van der Waals surface area contributed by atoms with Gasteiger partial charge in [0.15, 0.2) is 5.82 Å². The predicted molar refractivity (Wildman–Crippen MR) is 106 cm³/mol. The van der Waals surface area contributed by atoms with Crippen LogP contribution in [-0.2, 0) is 4.79 Å². The van der Waals surface area contributed by atoms with E-state index >= 15 is 0 Å². The predicted octanol–water partition coefficient (Wildman–Crippen LogP) is 4.32. The maximum atomic E-state index is 12.7. The first kappa shape index (κ1) is 20.5. The second kappa shape index (κ2) is 9.75. The van der Waals surface area contributed by atoms with Gasteiger partial charge in [0, 0.05) is 18.3 Å². The normalized spacial score (nSPS) is 10.9. The smallest absolute Gasteiger partial charge is 0.322 e. The van der Waals surface area contributed by atoms with Crippen LogP contribution in [0.1, 0.15) is 45.6 Å². The topological polar surface area (TPSA) is 87.5 Å². The van der Waals surface area contributed by atoms with E-state index in [2.05, 4.69) is 43.5 Å². The van der Waals surface area contributed by atoms with Crippen LogP contribution in [0.5, 0.6) is 0 Å². The van der Waals surface area contributed by atoms with Crippen LogP contribution in [-0.4, -0.2) is 35.1 Å². The standard InChI is InChI=1S/C20H28N4O3/c1-14(2)9-11-24(13-19(25)22-18-10-12-27-23-18)20(26)21-17-7-5-16(6-8-17)15(3)4/h5-8,10,12,14-15H,9,11,13H2,1-4H3,(H,21,26)(H,22,23,25). The lowest BCUT2D eigenvalue weighted by Gasteiger charge is -2.23. The quantitative estimate of drug-likeness (QED) is 0.722. The van der Waals surface area contributed by atoms with E-state index in [1.165, 1.54) is 16.7 Å². The highest BCUT2D eigenvalue weighted by atomic mass is 16.5. The molecular weight excluding hydrogens is 344 g/mol. The highest BCUT2D eigenvalue weighted by Gasteiger charge is 2.18. The van der Waals surface area contributed by atoms with Crippen molar-refractivity contribution in [2.75, 3.05) is 23.7 Å². The number of carbonyl (C=O) groups is 2. The van der Waals surface area contributed by atoms with Crippen molar-refractivity contribution >= 4 is 23.4 Å². The molecule has 0 radical (unpaired) electrons. The molecule has 0 spiro atoms. The largest absolute Gasteiger partial charge is 0.363 e. The summed E-state index contributed by atoms with van der Waals surface area (Å²) in [5.74, 6) is 0.855. The van der Waals surface area contributed by atoms with Crippen molar-refractivity contribution in [3.8, 4) is 0 Å². The van der Waals surface area contributed by atoms with Gasteiger partial charge in [0.2, 0.25) is 5.91 Å². The number of hydrogen-bond acceptors (Lipinski definition) is 4. The fraction of sp³-hybridized carbons (Fsp3) is 0.450. The number of amides is 3. The summed E-state index contributed by atoms with van der Waals surface area (Å²) in [6.45, 7) is 8.82. The van der Waals surface area contributed by atoms with Crippen LogP contribution in [0.3, 0.4) is 0 Å². The van der Waals surface area contributed by atoms with E-state index < -0.39 is 0 Å². The molecule has 1 heterocycles. The van der Waals surface area contributed by atoms with Crippen LogP contribution in [0.25, 0.3) is 0 Å². The van der Waals surface area contributed by atoms with Crippen molar-refractivity contribution in [2.24, 2.45) is 5.92 Å². The molecule has 0 aliphatic rings. The van der Waals surface area contributed by atoms with E-state index in [0.29, 0.717) is 29.9 Å². The zero-order valence-electron chi connectivity index (χ0n) is 16.4. The van der Waals surface area contributed by atoms with E-state index in [0.717, 1.165) is 6.42 Å². The number of benzene rings is 1. The van der Waals surface area contributed by atoms with Gasteiger partial charge in [-0.3, -0.25) is 4.79 Å². The first-order valence-electron chi connectivity index (χ1n) is 9.21. The first-order chi connectivity index (χ1) is 12.8. The maximum Gasteiger partial charge on any atom is 0.322 e. The Morgan fingerprint density at radius 1 is 1.07 bits per heavy atom. The van der Waals surface area contributed by atoms with Gasteiger partial charge >= 0.3 is 6.03 Å². The zero-order chi connectivity index (χ0) is 19.8. The molecule has 0 saturated heterocycles. The zero-order valence-corrected chi connectivity index (χ0v) is 16.4. The summed E-state index contributed by atoms with van der Waals surface area (Å²) in [6, 6.07) is 8.99. The molecule has 2 aromatic rings. The number of anilines is 2. The van der Waals surface area contributed by atoms with Crippen LogP contribution in [0, 0.1) is 5.92 Å². The minimum absolute atomic E-state index is 0.0600. The molecular formula is C20H28N4O3. The molecule has 1 aromatic carbocycles. The van der Waals surface area contributed by atoms with Gasteiger partial charge in [-0.25, -0.2) is 4.79 Å². The fourth-order valence-corrected chi connectivity index (χ4v) is 2.45. The van der Waals surface area contributed by atoms with Gasteiger partial charge in [-0.1, -0.05) is 45.0 Å². The summed E-state index contributed by atoms with van der Waals surface area (Å²) < 4.78 is 4.69. The summed E-state index contributed by atoms with van der Waals surface area (Å²) in [6.07, 6.45) is 2.18. The average Bonchev–Trinajstić information content (AvgIpc) is 3.11. The minimum atomic E-state index is -0.321. The number of carbonyl (C=O) groups excluding carboxylic acids is 2. The van der Waals surface area contributed by atoms with Crippen LogP contribution in [0.4, 0.5) is 16.3 Å². The molecule has 0 atom stereocenters. The van der Waals surface area contributed by atoms with Crippen molar-refractivity contribution in [1.82, 2.24) is 10.1 Å². The number of aromatic nitrogens is 1. The van der Waals surface area contributed by atoms with E-state index in [4.69, 9.17) is 4.52 Å². The Morgan fingerprint density at radius 2 is 1.78 bits per heavy atom. The number of rotatable bonds is 8. The molecule has 0 fully saturated rings. The lowest BCUT2D eigenvalue weighted by Crippen LogP contribution is -2.41. The molecule has 0 aliphatic carbocycles. The SMILES string of the molecule is CC(C)CCN(CC(=O)Nc1ccon1)C(=O)Nc1ccc(C(C)C)cc1. The number of nitrogens with zero attached hydrogens (tertiary/aromatic N) is 2. The molecule has 7 heteroatoms. The molecule has 7 nitrogen and oxygen atoms in total. The Kier molecular flexibility index (Phi) is 7.40. The molecule has 146 valence electrons. The van der Waals surface area contributed by atoms with Gasteiger partial charge in [-0.2, -0.15) is 0 Å². The minimum Gasteiger partial charge on any atom is -0.363 e. The maximum absolute atomic E-state index is 12.7. The highest BCUT2D eigenvalue weighted by molar-refractivity contribution is 5.96. The molecule has 0 saturated carbocycles. The third-order valence-corrected chi connectivity index (χ3v) is 4.13. The molecule has 2 rings (SSSR count). The van der Waals surface area contributed by atoms with E-state index in [1.54, 1.807) is 6.07 Å². The Hall–Kier alpha value is -2.83. The summed E-state index contributed by atoms with van der Waals surface area (Å²) in [4.78, 5) is 26.4. The lowest BCUT2D eigenvalue weighted by molar-refractivity contribution is -0.116. The Balaban J connectivity index is 2.00. The summed E-state index contributed by atoms with van der Waals surface area (Å²) in [5, 5.41) is 9.13. The molecule has 27 heavy (non-hydrogen) atoms. The lowest BCUT2D eigenvalue weighted by atomic mass is 10.0. The van der Waals surface area contributed by atoms with Crippen LogP contribution in [0.2, 0.25) is 0 Å². The van der Waals surface area contributed by atoms with Gasteiger partial charge in [-0.05, 0) is 36.0 Å². The third-order valence-electron chi connectivity index (χ3n) is 4.13. The summed E-state index contributed by atoms with van der Waals surface area (Å²) in [5.41, 5.74) is 1.91. The molecule has 0 bridgehead atoms. The molecule has 3 amide bonds. The van der Waals surface area contributed by atoms with Gasteiger partial charge < -0.3 is 20.1 Å². The Labute approximate surface area is 160 Å². The second-order valence-corrected chi connectivity index (χ2v) is 7.24. The Bertz CT molecular complexity index is 724. The van der Waals surface area contributed by atoms with Crippen molar-refractivity contribution in [3.63, 3.8) is 0 Å². The fourth-order valence-electron chi connectivity index (χ4n) is 2.45. The van der Waals surface area contributed by atoms with Gasteiger partial charge in [0.1, 0.15) is 12.8 Å². The third kappa shape index (κ3) is 6.77. The van der Waals surface area contributed by atoms with Crippen LogP contribution in [0.15, 0.2) is 41.1 Å². The number of hydrogen-bond donors (Lipinski definition) is 2. The van der Waals surface area contributed by atoms with Gasteiger partial charge in [0.25, 0.3) is 0 Å². The van der Waals surface area contributed by atoms with Gasteiger partial charge in [-0.15, -0.1) is 0 Å². The first-order valence-corrected chi connectivity index (χ1v) is 9.21. The summed E-state index contributed by atoms with van der Waals surface area (Å²) in [7, 11) is 0.